The predicted molar refractivity (Wildman–Crippen MR) is 57.7 cm³/mol. The fourth-order valence-electron chi connectivity index (χ4n) is 1.75. The van der Waals surface area contributed by atoms with Gasteiger partial charge in [0.25, 0.3) is 0 Å². The molecule has 1 fully saturated rings. The molecule has 2 heterocycles. The fourth-order valence-corrected chi connectivity index (χ4v) is 1.75. The monoisotopic (exact) mass is 226 g/mol. The van der Waals surface area contributed by atoms with Crippen LogP contribution in [0.25, 0.3) is 0 Å². The van der Waals surface area contributed by atoms with Crippen LogP contribution in [-0.2, 0) is 16.5 Å². The molecular formula is C10H18N4O2. The number of ether oxygens (including phenoxy) is 2. The van der Waals surface area contributed by atoms with E-state index in [-0.39, 0.29) is 12.1 Å². The zero-order valence-electron chi connectivity index (χ0n) is 9.72. The van der Waals surface area contributed by atoms with E-state index < -0.39 is 0 Å². The Balaban J connectivity index is 1.79. The third kappa shape index (κ3) is 2.78. The average molecular weight is 226 g/mol. The highest BCUT2D eigenvalue weighted by molar-refractivity contribution is 4.92. The van der Waals surface area contributed by atoms with E-state index in [1.165, 1.54) is 0 Å². The lowest BCUT2D eigenvalue weighted by Crippen LogP contribution is -2.35. The van der Waals surface area contributed by atoms with Crippen molar-refractivity contribution in [3.8, 4) is 0 Å². The Bertz CT molecular complexity index is 322. The minimum Gasteiger partial charge on any atom is -0.355 e. The molecule has 0 spiro atoms. The van der Waals surface area contributed by atoms with Crippen molar-refractivity contribution < 1.29 is 9.47 Å². The first kappa shape index (κ1) is 11.5. The lowest BCUT2D eigenvalue weighted by molar-refractivity contribution is -0.137. The second-order valence-corrected chi connectivity index (χ2v) is 4.03. The largest absolute Gasteiger partial charge is 0.355 e. The molecule has 0 aromatic carbocycles. The molecule has 1 N–H and O–H groups in total. The van der Waals surface area contributed by atoms with Crippen molar-refractivity contribution in [1.82, 2.24) is 20.1 Å². The van der Waals surface area contributed by atoms with Crippen LogP contribution in [0.1, 0.15) is 25.2 Å². The van der Waals surface area contributed by atoms with E-state index >= 15 is 0 Å². The molecule has 2 rings (SSSR count). The Morgan fingerprint density at radius 3 is 3.19 bits per heavy atom. The molecule has 0 aliphatic carbocycles. The maximum absolute atomic E-state index is 5.45. The molecule has 0 saturated carbocycles. The van der Waals surface area contributed by atoms with Gasteiger partial charge >= 0.3 is 0 Å². The van der Waals surface area contributed by atoms with Gasteiger partial charge in [0.2, 0.25) is 0 Å². The topological polar surface area (TPSA) is 61.2 Å². The molecule has 2 atom stereocenters. The van der Waals surface area contributed by atoms with E-state index in [2.05, 4.69) is 22.4 Å². The summed E-state index contributed by atoms with van der Waals surface area (Å²) in [4.78, 5) is 0. The van der Waals surface area contributed by atoms with Crippen molar-refractivity contribution in [3.63, 3.8) is 0 Å². The molecule has 1 saturated heterocycles. The highest BCUT2D eigenvalue weighted by Gasteiger charge is 2.17. The Hall–Kier alpha value is -0.980. The summed E-state index contributed by atoms with van der Waals surface area (Å²) in [6.45, 7) is 4.08. The summed E-state index contributed by atoms with van der Waals surface area (Å²) in [5, 5.41) is 11.3. The lowest BCUT2D eigenvalue weighted by Gasteiger charge is -2.24. The normalized spacial score (nSPS) is 23.2. The molecule has 2 unspecified atom stereocenters. The van der Waals surface area contributed by atoms with Crippen LogP contribution in [0.3, 0.4) is 0 Å². The first-order valence-corrected chi connectivity index (χ1v) is 5.54. The van der Waals surface area contributed by atoms with Crippen molar-refractivity contribution >= 4 is 0 Å². The van der Waals surface area contributed by atoms with Gasteiger partial charge in [-0.15, -0.1) is 10.2 Å². The van der Waals surface area contributed by atoms with E-state index in [4.69, 9.17) is 9.47 Å². The van der Waals surface area contributed by atoms with Gasteiger partial charge in [-0.05, 0) is 13.3 Å². The van der Waals surface area contributed by atoms with E-state index in [0.29, 0.717) is 6.79 Å². The van der Waals surface area contributed by atoms with Gasteiger partial charge < -0.3 is 19.4 Å². The zero-order valence-corrected chi connectivity index (χ0v) is 9.72. The summed E-state index contributed by atoms with van der Waals surface area (Å²) in [6, 6.07) is 0.180. The average Bonchev–Trinajstić information content (AvgIpc) is 2.74. The highest BCUT2D eigenvalue weighted by Crippen LogP contribution is 2.09. The molecule has 6 heteroatoms. The van der Waals surface area contributed by atoms with Crippen LogP contribution in [-0.4, -0.2) is 40.8 Å². The Morgan fingerprint density at radius 1 is 1.69 bits per heavy atom. The Kier molecular flexibility index (Phi) is 3.87. The number of aromatic nitrogens is 3. The number of hydrogen-bond acceptors (Lipinski definition) is 5. The molecular weight excluding hydrogens is 208 g/mol. The molecule has 1 aliphatic rings. The lowest BCUT2D eigenvalue weighted by atomic mass is 10.2. The first-order chi connectivity index (χ1) is 7.77. The molecule has 1 aliphatic heterocycles. The fraction of sp³-hybridized carbons (Fsp3) is 0.800. The summed E-state index contributed by atoms with van der Waals surface area (Å²) in [7, 11) is 1.94. The van der Waals surface area contributed by atoms with Gasteiger partial charge in [-0.25, -0.2) is 0 Å². The van der Waals surface area contributed by atoms with Gasteiger partial charge in [-0.1, -0.05) is 0 Å². The summed E-state index contributed by atoms with van der Waals surface area (Å²) < 4.78 is 12.5. The number of nitrogens with zero attached hydrogens (tertiary/aromatic N) is 3. The standard InChI is InChI=1S/C10H18N4O2/c1-8(10-13-12-6-14(10)2)11-5-9-3-4-15-7-16-9/h6,8-9,11H,3-5,7H2,1-2H3. The van der Waals surface area contributed by atoms with Gasteiger partial charge in [0.15, 0.2) is 0 Å². The van der Waals surface area contributed by atoms with Crippen molar-refractivity contribution in [3.05, 3.63) is 12.2 Å². The SMILES string of the molecule is CC(NCC1CCOCO1)c1nncn1C. The number of rotatable bonds is 4. The van der Waals surface area contributed by atoms with E-state index in [1.807, 2.05) is 11.6 Å². The van der Waals surface area contributed by atoms with Crippen molar-refractivity contribution in [1.29, 1.82) is 0 Å². The van der Waals surface area contributed by atoms with Crippen LogP contribution in [0, 0.1) is 0 Å². The summed E-state index contributed by atoms with van der Waals surface area (Å²) in [5.41, 5.74) is 0. The minimum atomic E-state index is 0.180. The van der Waals surface area contributed by atoms with Crippen molar-refractivity contribution in [2.24, 2.45) is 7.05 Å². The highest BCUT2D eigenvalue weighted by atomic mass is 16.7. The van der Waals surface area contributed by atoms with Crippen LogP contribution in [0.15, 0.2) is 6.33 Å². The van der Waals surface area contributed by atoms with E-state index in [9.17, 15) is 0 Å². The third-order valence-electron chi connectivity index (χ3n) is 2.76. The van der Waals surface area contributed by atoms with Gasteiger partial charge in [-0.3, -0.25) is 0 Å². The van der Waals surface area contributed by atoms with Gasteiger partial charge in [0.1, 0.15) is 18.9 Å². The Labute approximate surface area is 94.9 Å². The van der Waals surface area contributed by atoms with Crippen molar-refractivity contribution in [2.45, 2.75) is 25.5 Å². The van der Waals surface area contributed by atoms with Crippen LogP contribution < -0.4 is 5.32 Å². The quantitative estimate of drug-likeness (QED) is 0.796. The number of aryl methyl sites for hydroxylation is 1. The van der Waals surface area contributed by atoms with E-state index in [0.717, 1.165) is 25.4 Å². The zero-order chi connectivity index (χ0) is 11.4. The molecule has 6 nitrogen and oxygen atoms in total. The molecule has 0 amide bonds. The second-order valence-electron chi connectivity index (χ2n) is 4.03. The van der Waals surface area contributed by atoms with Crippen LogP contribution in [0.5, 0.6) is 0 Å². The molecule has 0 bridgehead atoms. The van der Waals surface area contributed by atoms with Crippen LogP contribution in [0.4, 0.5) is 0 Å². The smallest absolute Gasteiger partial charge is 0.149 e. The van der Waals surface area contributed by atoms with Crippen molar-refractivity contribution in [2.75, 3.05) is 19.9 Å². The first-order valence-electron chi connectivity index (χ1n) is 5.54. The maximum atomic E-state index is 5.45. The number of hydrogen-bond donors (Lipinski definition) is 1. The summed E-state index contributed by atoms with van der Waals surface area (Å²) in [6.07, 6.45) is 2.89. The minimum absolute atomic E-state index is 0.180. The Morgan fingerprint density at radius 2 is 2.56 bits per heavy atom. The third-order valence-corrected chi connectivity index (χ3v) is 2.76. The van der Waals surface area contributed by atoms with Crippen LogP contribution in [0.2, 0.25) is 0 Å². The van der Waals surface area contributed by atoms with Gasteiger partial charge in [0, 0.05) is 13.6 Å². The number of nitrogens with one attached hydrogen (secondary N) is 1. The predicted octanol–water partition coefficient (Wildman–Crippen LogP) is 0.229. The van der Waals surface area contributed by atoms with Gasteiger partial charge in [-0.2, -0.15) is 0 Å². The summed E-state index contributed by atoms with van der Waals surface area (Å²) in [5.74, 6) is 0.937. The maximum Gasteiger partial charge on any atom is 0.149 e. The van der Waals surface area contributed by atoms with Crippen LogP contribution >= 0.6 is 0 Å². The summed E-state index contributed by atoms with van der Waals surface area (Å²) >= 11 is 0. The molecule has 1 aromatic heterocycles. The van der Waals surface area contributed by atoms with Gasteiger partial charge in [0.05, 0.1) is 18.8 Å². The molecule has 16 heavy (non-hydrogen) atoms. The molecule has 90 valence electrons. The molecule has 0 radical (unpaired) electrons. The molecule has 1 aromatic rings. The van der Waals surface area contributed by atoms with E-state index in [1.54, 1.807) is 6.33 Å². The second kappa shape index (κ2) is 5.38.